The second-order valence-electron chi connectivity index (χ2n) is 4.20. The van der Waals surface area contributed by atoms with Gasteiger partial charge in [0.25, 0.3) is 0 Å². The van der Waals surface area contributed by atoms with E-state index in [1.54, 1.807) is 16.4 Å². The summed E-state index contributed by atoms with van der Waals surface area (Å²) in [5.41, 5.74) is 7.04. The summed E-state index contributed by atoms with van der Waals surface area (Å²) < 4.78 is 1.74. The van der Waals surface area contributed by atoms with Crippen LogP contribution >= 0.6 is 23.4 Å². The van der Waals surface area contributed by atoms with E-state index < -0.39 is 0 Å². The molecule has 0 saturated carbocycles. The lowest BCUT2D eigenvalue weighted by molar-refractivity contribution is 0.684. The molecule has 0 aliphatic rings. The van der Waals surface area contributed by atoms with Crippen LogP contribution < -0.4 is 5.73 Å². The summed E-state index contributed by atoms with van der Waals surface area (Å²) in [4.78, 5) is 5.28. The molecule has 1 aromatic carbocycles. The molecule has 4 nitrogen and oxygen atoms in total. The Labute approximate surface area is 116 Å². The molecule has 0 radical (unpaired) electrons. The zero-order chi connectivity index (χ0) is 13.1. The molecule has 0 aliphatic heterocycles. The summed E-state index contributed by atoms with van der Waals surface area (Å²) in [5, 5.41) is 5.60. The van der Waals surface area contributed by atoms with Crippen molar-refractivity contribution in [2.75, 3.05) is 0 Å². The Hall–Kier alpha value is -1.04. The summed E-state index contributed by atoms with van der Waals surface area (Å²) >= 11 is 7.60. The number of nitrogens with two attached hydrogens (primary N) is 1. The standard InChI is InChI=1S/C12H15ClN4S/c1-8(14)5-9-3-4-10(13)6-11(9)18-12-15-7-16-17(12)2/h3-4,6-8H,5,14H2,1-2H3. The fourth-order valence-electron chi connectivity index (χ4n) is 1.62. The number of halogens is 1. The van der Waals surface area contributed by atoms with E-state index in [1.807, 2.05) is 32.2 Å². The lowest BCUT2D eigenvalue weighted by atomic mass is 10.1. The number of hydrogen-bond acceptors (Lipinski definition) is 4. The average molecular weight is 283 g/mol. The zero-order valence-electron chi connectivity index (χ0n) is 10.3. The monoisotopic (exact) mass is 282 g/mol. The minimum atomic E-state index is 0.116. The summed E-state index contributed by atoms with van der Waals surface area (Å²) in [5.74, 6) is 0. The first-order valence-electron chi connectivity index (χ1n) is 5.62. The Bertz CT molecular complexity index is 539. The van der Waals surface area contributed by atoms with Gasteiger partial charge in [0.2, 0.25) is 0 Å². The van der Waals surface area contributed by atoms with Crippen LogP contribution in [-0.4, -0.2) is 20.8 Å². The van der Waals surface area contributed by atoms with Crippen LogP contribution in [0.15, 0.2) is 34.6 Å². The topological polar surface area (TPSA) is 56.7 Å². The van der Waals surface area contributed by atoms with E-state index in [1.165, 1.54) is 11.9 Å². The second kappa shape index (κ2) is 5.73. The Morgan fingerprint density at radius 3 is 2.89 bits per heavy atom. The van der Waals surface area contributed by atoms with Crippen LogP contribution in [0.1, 0.15) is 12.5 Å². The maximum atomic E-state index is 6.05. The molecule has 0 aliphatic carbocycles. The van der Waals surface area contributed by atoms with Gasteiger partial charge in [0.15, 0.2) is 5.16 Å². The van der Waals surface area contributed by atoms with Gasteiger partial charge in [0.05, 0.1) is 0 Å². The van der Waals surface area contributed by atoms with Crippen molar-refractivity contribution in [1.29, 1.82) is 0 Å². The number of aromatic nitrogens is 3. The maximum absolute atomic E-state index is 6.05. The summed E-state index contributed by atoms with van der Waals surface area (Å²) in [6.07, 6.45) is 2.36. The normalized spacial score (nSPS) is 12.7. The van der Waals surface area contributed by atoms with Crippen molar-refractivity contribution in [3.8, 4) is 0 Å². The summed E-state index contributed by atoms with van der Waals surface area (Å²) in [6.45, 7) is 1.99. The van der Waals surface area contributed by atoms with Gasteiger partial charge in [0, 0.05) is 23.0 Å². The van der Waals surface area contributed by atoms with Gasteiger partial charge in [-0.25, -0.2) is 9.67 Å². The van der Waals surface area contributed by atoms with Crippen molar-refractivity contribution >= 4 is 23.4 Å². The molecule has 0 saturated heterocycles. The molecule has 2 aromatic rings. The number of rotatable bonds is 4. The molecular formula is C12H15ClN4S. The van der Waals surface area contributed by atoms with E-state index in [0.29, 0.717) is 5.02 Å². The second-order valence-corrected chi connectivity index (χ2v) is 5.65. The smallest absolute Gasteiger partial charge is 0.190 e. The first-order chi connectivity index (χ1) is 8.56. The van der Waals surface area contributed by atoms with E-state index in [4.69, 9.17) is 17.3 Å². The van der Waals surface area contributed by atoms with Gasteiger partial charge in [-0.3, -0.25) is 0 Å². The van der Waals surface area contributed by atoms with Gasteiger partial charge in [-0.1, -0.05) is 17.7 Å². The zero-order valence-corrected chi connectivity index (χ0v) is 11.9. The lowest BCUT2D eigenvalue weighted by Gasteiger charge is -2.11. The lowest BCUT2D eigenvalue weighted by Crippen LogP contribution is -2.18. The molecule has 1 aromatic heterocycles. The van der Waals surface area contributed by atoms with Gasteiger partial charge in [0.1, 0.15) is 6.33 Å². The minimum absolute atomic E-state index is 0.116. The van der Waals surface area contributed by atoms with Crippen LogP contribution in [0, 0.1) is 0 Å². The fraction of sp³-hybridized carbons (Fsp3) is 0.333. The van der Waals surface area contributed by atoms with Crippen LogP contribution in [-0.2, 0) is 13.5 Å². The van der Waals surface area contributed by atoms with E-state index >= 15 is 0 Å². The maximum Gasteiger partial charge on any atom is 0.190 e. The Balaban J connectivity index is 2.30. The molecule has 1 atom stereocenters. The van der Waals surface area contributed by atoms with Crippen LogP contribution in [0.3, 0.4) is 0 Å². The molecular weight excluding hydrogens is 268 g/mol. The highest BCUT2D eigenvalue weighted by atomic mass is 35.5. The summed E-state index contributed by atoms with van der Waals surface area (Å²) in [7, 11) is 1.87. The molecule has 6 heteroatoms. The van der Waals surface area contributed by atoms with Crippen molar-refractivity contribution in [1.82, 2.24) is 14.8 Å². The summed E-state index contributed by atoms with van der Waals surface area (Å²) in [6, 6.07) is 5.97. The number of hydrogen-bond donors (Lipinski definition) is 1. The molecule has 0 fully saturated rings. The Kier molecular flexibility index (Phi) is 4.27. The number of benzene rings is 1. The third kappa shape index (κ3) is 3.25. The van der Waals surface area contributed by atoms with Crippen molar-refractivity contribution in [2.45, 2.75) is 29.4 Å². The molecule has 1 heterocycles. The van der Waals surface area contributed by atoms with E-state index in [2.05, 4.69) is 10.1 Å². The quantitative estimate of drug-likeness (QED) is 0.936. The number of nitrogens with zero attached hydrogens (tertiary/aromatic N) is 3. The highest BCUT2D eigenvalue weighted by Crippen LogP contribution is 2.31. The van der Waals surface area contributed by atoms with Crippen molar-refractivity contribution in [2.24, 2.45) is 12.8 Å². The van der Waals surface area contributed by atoms with E-state index in [9.17, 15) is 0 Å². The van der Waals surface area contributed by atoms with Gasteiger partial charge in [-0.2, -0.15) is 5.10 Å². The fourth-order valence-corrected chi connectivity index (χ4v) is 2.80. The minimum Gasteiger partial charge on any atom is -0.328 e. The van der Waals surface area contributed by atoms with E-state index in [0.717, 1.165) is 16.5 Å². The molecule has 2 N–H and O–H groups in total. The van der Waals surface area contributed by atoms with Gasteiger partial charge in [-0.05, 0) is 42.8 Å². The molecule has 0 spiro atoms. The molecule has 2 rings (SSSR count). The first-order valence-corrected chi connectivity index (χ1v) is 6.81. The highest BCUT2D eigenvalue weighted by molar-refractivity contribution is 7.99. The van der Waals surface area contributed by atoms with Crippen LogP contribution in [0.5, 0.6) is 0 Å². The largest absolute Gasteiger partial charge is 0.328 e. The van der Waals surface area contributed by atoms with Gasteiger partial charge < -0.3 is 5.73 Å². The van der Waals surface area contributed by atoms with Crippen LogP contribution in [0.2, 0.25) is 5.02 Å². The van der Waals surface area contributed by atoms with Crippen LogP contribution in [0.4, 0.5) is 0 Å². The van der Waals surface area contributed by atoms with Gasteiger partial charge in [-0.15, -0.1) is 0 Å². The first kappa shape index (κ1) is 13.4. The van der Waals surface area contributed by atoms with Crippen molar-refractivity contribution < 1.29 is 0 Å². The molecule has 0 amide bonds. The van der Waals surface area contributed by atoms with Gasteiger partial charge >= 0.3 is 0 Å². The third-order valence-corrected chi connectivity index (χ3v) is 3.83. The third-order valence-electron chi connectivity index (χ3n) is 2.44. The Morgan fingerprint density at radius 2 is 2.28 bits per heavy atom. The van der Waals surface area contributed by atoms with Crippen molar-refractivity contribution in [3.63, 3.8) is 0 Å². The molecule has 0 bridgehead atoms. The average Bonchev–Trinajstić information content (AvgIpc) is 2.68. The molecule has 1 unspecified atom stereocenters. The molecule has 96 valence electrons. The molecule has 18 heavy (non-hydrogen) atoms. The van der Waals surface area contributed by atoms with Crippen LogP contribution in [0.25, 0.3) is 0 Å². The van der Waals surface area contributed by atoms with E-state index in [-0.39, 0.29) is 6.04 Å². The van der Waals surface area contributed by atoms with Crippen molar-refractivity contribution in [3.05, 3.63) is 35.1 Å². The predicted octanol–water partition coefficient (Wildman–Crippen LogP) is 2.51. The Morgan fingerprint density at radius 1 is 1.50 bits per heavy atom. The number of aryl methyl sites for hydroxylation is 1. The highest BCUT2D eigenvalue weighted by Gasteiger charge is 2.10. The predicted molar refractivity (Wildman–Crippen MR) is 73.9 cm³/mol. The SMILES string of the molecule is CC(N)Cc1ccc(Cl)cc1Sc1ncnn1C.